The number of nitrogens with one attached hydrogen (secondary N) is 2. The SMILES string of the molecule is CCC[C@@H](C)Cc1ccc(O)c(NC(=O)[C@H](C)CC(=O)[C@H](C)NC(=O)CCOCCOCCOCCCC(=O)CCCN2C(=O)C=CC2=O)c1. The van der Waals surface area contributed by atoms with Gasteiger partial charge in [0.25, 0.3) is 11.8 Å². The van der Waals surface area contributed by atoms with E-state index in [1.165, 1.54) is 12.2 Å². The van der Waals surface area contributed by atoms with E-state index >= 15 is 0 Å². The molecule has 1 aromatic carbocycles. The molecular weight excluding hydrogens is 646 g/mol. The number of ketones is 2. The molecule has 0 aliphatic carbocycles. The van der Waals surface area contributed by atoms with Gasteiger partial charge in [-0.25, -0.2) is 0 Å². The van der Waals surface area contributed by atoms with Gasteiger partial charge in [-0.15, -0.1) is 0 Å². The molecule has 4 amide bonds. The lowest BCUT2D eigenvalue weighted by Crippen LogP contribution is -2.40. The molecule has 1 aliphatic rings. The second-order valence-electron chi connectivity index (χ2n) is 12.8. The Kier molecular flexibility index (Phi) is 19.8. The fraction of sp³-hybridized carbons (Fsp3) is 0.622. The highest BCUT2D eigenvalue weighted by Gasteiger charge is 2.24. The fourth-order valence-corrected chi connectivity index (χ4v) is 5.32. The molecule has 3 N–H and O–H groups in total. The standard InChI is InChI=1S/C37H55N3O10/c1-5-8-26(2)23-29-11-12-32(42)31(25-29)39-37(47)27(3)24-33(43)28(4)38-34(44)15-18-49-20-22-50-21-19-48-17-7-10-30(41)9-6-16-40-35(45)13-14-36(40)46/h11-14,25-28,42H,5-10,15-24H2,1-4H3,(H,38,44)(H,39,47)/t26-,27-,28+/m1/s1. The second kappa shape index (κ2) is 23.5. The first-order chi connectivity index (χ1) is 23.9. The Hall–Kier alpha value is -3.94. The lowest BCUT2D eigenvalue weighted by Gasteiger charge is -2.17. The predicted molar refractivity (Wildman–Crippen MR) is 187 cm³/mol. The number of hydrogen-bond acceptors (Lipinski definition) is 10. The maximum Gasteiger partial charge on any atom is 0.253 e. The van der Waals surface area contributed by atoms with Gasteiger partial charge in [0.1, 0.15) is 11.5 Å². The zero-order valence-electron chi connectivity index (χ0n) is 30.0. The zero-order chi connectivity index (χ0) is 36.9. The Labute approximate surface area is 295 Å². The number of anilines is 1. The van der Waals surface area contributed by atoms with Crippen LogP contribution in [0.25, 0.3) is 0 Å². The van der Waals surface area contributed by atoms with E-state index in [0.717, 1.165) is 29.7 Å². The monoisotopic (exact) mass is 701 g/mol. The molecule has 0 fully saturated rings. The van der Waals surface area contributed by atoms with Crippen molar-refractivity contribution < 1.29 is 48.1 Å². The normalized spacial score (nSPS) is 14.4. The Bertz CT molecular complexity index is 1300. The number of nitrogens with zero attached hydrogens (tertiary/aromatic N) is 1. The van der Waals surface area contributed by atoms with Gasteiger partial charge in [0.2, 0.25) is 11.8 Å². The van der Waals surface area contributed by atoms with Crippen LogP contribution in [-0.2, 0) is 49.4 Å². The maximum absolute atomic E-state index is 12.8. The number of phenolic OH excluding ortho intramolecular Hbond substituents is 1. The van der Waals surface area contributed by atoms with Crippen molar-refractivity contribution in [3.05, 3.63) is 35.9 Å². The van der Waals surface area contributed by atoms with Crippen molar-refractivity contribution in [1.29, 1.82) is 0 Å². The molecular formula is C37H55N3O10. The molecule has 278 valence electrons. The smallest absolute Gasteiger partial charge is 0.253 e. The third-order valence-corrected chi connectivity index (χ3v) is 8.20. The van der Waals surface area contributed by atoms with Gasteiger partial charge in [-0.3, -0.25) is 33.7 Å². The molecule has 0 saturated carbocycles. The predicted octanol–water partition coefficient (Wildman–Crippen LogP) is 3.90. The summed E-state index contributed by atoms with van der Waals surface area (Å²) < 4.78 is 16.3. The minimum absolute atomic E-state index is 0.0360. The summed E-state index contributed by atoms with van der Waals surface area (Å²) in [6.45, 7) is 9.64. The summed E-state index contributed by atoms with van der Waals surface area (Å²) in [6.07, 6.45) is 7.16. The molecule has 0 bridgehead atoms. The van der Waals surface area contributed by atoms with Gasteiger partial charge in [0.05, 0.1) is 44.8 Å². The highest BCUT2D eigenvalue weighted by atomic mass is 16.5. The number of Topliss-reactive ketones (excluding diaryl/α,β-unsaturated/α-hetero) is 2. The van der Waals surface area contributed by atoms with E-state index in [1.807, 2.05) is 6.07 Å². The summed E-state index contributed by atoms with van der Waals surface area (Å²) in [5.41, 5.74) is 1.33. The summed E-state index contributed by atoms with van der Waals surface area (Å²) in [7, 11) is 0. The number of hydrogen-bond donors (Lipinski definition) is 3. The Morgan fingerprint density at radius 1 is 0.840 bits per heavy atom. The molecule has 0 unspecified atom stereocenters. The molecule has 13 nitrogen and oxygen atoms in total. The number of rotatable bonds is 27. The highest BCUT2D eigenvalue weighted by molar-refractivity contribution is 6.12. The molecule has 3 atom stereocenters. The Balaban J connectivity index is 1.48. The first kappa shape index (κ1) is 42.2. The molecule has 0 radical (unpaired) electrons. The van der Waals surface area contributed by atoms with E-state index in [4.69, 9.17) is 14.2 Å². The second-order valence-corrected chi connectivity index (χ2v) is 12.8. The third-order valence-electron chi connectivity index (χ3n) is 8.20. The summed E-state index contributed by atoms with van der Waals surface area (Å²) in [6, 6.07) is 4.41. The Morgan fingerprint density at radius 3 is 2.12 bits per heavy atom. The van der Waals surface area contributed by atoms with Gasteiger partial charge in [0, 0.05) is 56.9 Å². The molecule has 1 heterocycles. The van der Waals surface area contributed by atoms with Crippen molar-refractivity contribution in [3.63, 3.8) is 0 Å². The van der Waals surface area contributed by atoms with Crippen molar-refractivity contribution in [2.75, 3.05) is 51.5 Å². The molecule has 13 heteroatoms. The van der Waals surface area contributed by atoms with Crippen molar-refractivity contribution in [1.82, 2.24) is 10.2 Å². The van der Waals surface area contributed by atoms with Gasteiger partial charge in [0.15, 0.2) is 5.78 Å². The summed E-state index contributed by atoms with van der Waals surface area (Å²) in [5.74, 6) is -1.85. The molecule has 0 saturated heterocycles. The van der Waals surface area contributed by atoms with Crippen LogP contribution < -0.4 is 10.6 Å². The molecule has 50 heavy (non-hydrogen) atoms. The van der Waals surface area contributed by atoms with E-state index in [2.05, 4.69) is 24.5 Å². The van der Waals surface area contributed by atoms with Crippen LogP contribution in [0.1, 0.15) is 84.6 Å². The first-order valence-corrected chi connectivity index (χ1v) is 17.6. The number of imide groups is 1. The number of ether oxygens (including phenoxy) is 3. The van der Waals surface area contributed by atoms with Crippen LogP contribution in [0.3, 0.4) is 0 Å². The number of aromatic hydroxyl groups is 1. The summed E-state index contributed by atoms with van der Waals surface area (Å²) in [4.78, 5) is 73.9. The summed E-state index contributed by atoms with van der Waals surface area (Å²) in [5, 5.41) is 15.6. The van der Waals surface area contributed by atoms with Gasteiger partial charge >= 0.3 is 0 Å². The van der Waals surface area contributed by atoms with Crippen LogP contribution in [0.15, 0.2) is 30.4 Å². The molecule has 2 rings (SSSR count). The van der Waals surface area contributed by atoms with Crippen molar-refractivity contribution in [3.8, 4) is 5.75 Å². The average Bonchev–Trinajstić information content (AvgIpc) is 3.39. The zero-order valence-corrected chi connectivity index (χ0v) is 30.0. The fourth-order valence-electron chi connectivity index (χ4n) is 5.32. The van der Waals surface area contributed by atoms with E-state index in [9.17, 15) is 33.9 Å². The van der Waals surface area contributed by atoms with Gasteiger partial charge in [-0.1, -0.05) is 39.7 Å². The van der Waals surface area contributed by atoms with E-state index in [1.54, 1.807) is 26.0 Å². The minimum Gasteiger partial charge on any atom is -0.506 e. The maximum atomic E-state index is 12.8. The molecule has 0 aromatic heterocycles. The number of carbonyl (C=O) groups excluding carboxylic acids is 6. The van der Waals surface area contributed by atoms with Crippen LogP contribution in [0.2, 0.25) is 0 Å². The number of carbonyl (C=O) groups is 6. The number of amides is 4. The highest BCUT2D eigenvalue weighted by Crippen LogP contribution is 2.27. The van der Waals surface area contributed by atoms with Gasteiger partial charge in [-0.2, -0.15) is 0 Å². The third kappa shape index (κ3) is 16.6. The van der Waals surface area contributed by atoms with Gasteiger partial charge < -0.3 is 30.0 Å². The minimum atomic E-state index is -0.771. The first-order valence-electron chi connectivity index (χ1n) is 17.6. The van der Waals surface area contributed by atoms with Crippen LogP contribution in [0.5, 0.6) is 5.75 Å². The van der Waals surface area contributed by atoms with Crippen molar-refractivity contribution in [2.45, 2.75) is 91.5 Å². The average molecular weight is 702 g/mol. The van der Waals surface area contributed by atoms with Crippen LogP contribution >= 0.6 is 0 Å². The lowest BCUT2D eigenvalue weighted by molar-refractivity contribution is -0.137. The largest absolute Gasteiger partial charge is 0.506 e. The van der Waals surface area contributed by atoms with Gasteiger partial charge in [-0.05, 0) is 49.8 Å². The van der Waals surface area contributed by atoms with E-state index in [0.29, 0.717) is 63.7 Å². The number of phenols is 1. The molecule has 0 spiro atoms. The van der Waals surface area contributed by atoms with E-state index < -0.39 is 12.0 Å². The van der Waals surface area contributed by atoms with Crippen molar-refractivity contribution in [2.24, 2.45) is 11.8 Å². The lowest BCUT2D eigenvalue weighted by atomic mass is 9.96. The number of benzene rings is 1. The van der Waals surface area contributed by atoms with Crippen LogP contribution in [0.4, 0.5) is 5.69 Å². The van der Waals surface area contributed by atoms with Crippen LogP contribution in [0, 0.1) is 11.8 Å². The molecule has 1 aliphatic heterocycles. The topological polar surface area (TPSA) is 178 Å². The summed E-state index contributed by atoms with van der Waals surface area (Å²) >= 11 is 0. The molecule has 1 aromatic rings. The van der Waals surface area contributed by atoms with Crippen molar-refractivity contribution >= 4 is 40.9 Å². The van der Waals surface area contributed by atoms with Crippen LogP contribution in [-0.4, -0.2) is 97.4 Å². The quantitative estimate of drug-likeness (QED) is 0.0693. The van der Waals surface area contributed by atoms with E-state index in [-0.39, 0.29) is 73.5 Å². The Morgan fingerprint density at radius 2 is 1.46 bits per heavy atom.